The second kappa shape index (κ2) is 9.28. The number of rotatable bonds is 7. The lowest BCUT2D eigenvalue weighted by Crippen LogP contribution is -2.23. The third-order valence-electron chi connectivity index (χ3n) is 3.82. The number of alkyl carbamates (subject to hydrolysis) is 1. The van der Waals surface area contributed by atoms with E-state index in [0.29, 0.717) is 13.2 Å². The molecule has 1 amide bonds. The zero-order valence-electron chi connectivity index (χ0n) is 14.4. The second-order valence-corrected chi connectivity index (χ2v) is 5.83. The summed E-state index contributed by atoms with van der Waals surface area (Å²) in [7, 11) is 0. The van der Waals surface area contributed by atoms with E-state index in [1.165, 1.54) is 0 Å². The molecule has 0 radical (unpaired) electrons. The Labute approximate surface area is 153 Å². The molecular weight excluding hydrogens is 326 g/mol. The van der Waals surface area contributed by atoms with Gasteiger partial charge in [-0.15, -0.1) is 0 Å². The van der Waals surface area contributed by atoms with Crippen LogP contribution in [0.1, 0.15) is 16.7 Å². The molecule has 3 aromatic carbocycles. The average Bonchev–Trinajstić information content (AvgIpc) is 2.71. The van der Waals surface area contributed by atoms with Crippen LogP contribution in [0.2, 0.25) is 0 Å². The van der Waals surface area contributed by atoms with Crippen molar-refractivity contribution < 1.29 is 14.3 Å². The number of ether oxygens (including phenoxy) is 2. The first-order valence-electron chi connectivity index (χ1n) is 8.50. The molecule has 0 bridgehead atoms. The molecule has 3 aromatic rings. The van der Waals surface area contributed by atoms with Crippen molar-refractivity contribution in [2.45, 2.75) is 19.8 Å². The van der Waals surface area contributed by atoms with E-state index in [2.05, 4.69) is 5.32 Å². The van der Waals surface area contributed by atoms with Crippen molar-refractivity contribution in [1.29, 1.82) is 0 Å². The fourth-order valence-corrected chi connectivity index (χ4v) is 2.39. The van der Waals surface area contributed by atoms with E-state index in [9.17, 15) is 4.79 Å². The molecule has 0 aromatic heterocycles. The van der Waals surface area contributed by atoms with E-state index >= 15 is 0 Å². The maximum absolute atomic E-state index is 11.8. The number of hydrogen-bond donors (Lipinski definition) is 1. The quantitative estimate of drug-likeness (QED) is 0.674. The molecule has 0 saturated heterocycles. The molecule has 0 aliphatic heterocycles. The summed E-state index contributed by atoms with van der Waals surface area (Å²) in [6, 6.07) is 27.3. The van der Waals surface area contributed by atoms with Gasteiger partial charge in [-0.3, -0.25) is 0 Å². The molecule has 0 unspecified atom stereocenters. The SMILES string of the molecule is O=C(NCc1ccc(OCc2ccccc2)cc1)OCc1ccccc1. The highest BCUT2D eigenvalue weighted by molar-refractivity contribution is 5.67. The van der Waals surface area contributed by atoms with Gasteiger partial charge in [-0.2, -0.15) is 0 Å². The van der Waals surface area contributed by atoms with Gasteiger partial charge < -0.3 is 14.8 Å². The van der Waals surface area contributed by atoms with E-state index in [4.69, 9.17) is 9.47 Å². The van der Waals surface area contributed by atoms with Gasteiger partial charge in [-0.25, -0.2) is 4.79 Å². The highest BCUT2D eigenvalue weighted by Crippen LogP contribution is 2.14. The third-order valence-corrected chi connectivity index (χ3v) is 3.82. The molecule has 132 valence electrons. The van der Waals surface area contributed by atoms with Crippen LogP contribution in [-0.4, -0.2) is 6.09 Å². The molecule has 0 aliphatic carbocycles. The third kappa shape index (κ3) is 5.67. The summed E-state index contributed by atoms with van der Waals surface area (Å²) >= 11 is 0. The number of nitrogens with one attached hydrogen (secondary N) is 1. The molecule has 0 aliphatic rings. The zero-order chi connectivity index (χ0) is 18.0. The first-order valence-corrected chi connectivity index (χ1v) is 8.50. The predicted molar refractivity (Wildman–Crippen MR) is 101 cm³/mol. The maximum atomic E-state index is 11.8. The van der Waals surface area contributed by atoms with Crippen LogP contribution in [-0.2, 0) is 24.5 Å². The Bertz CT molecular complexity index is 802. The minimum absolute atomic E-state index is 0.263. The Kier molecular flexibility index (Phi) is 6.26. The van der Waals surface area contributed by atoms with Crippen molar-refractivity contribution in [2.75, 3.05) is 0 Å². The van der Waals surface area contributed by atoms with Crippen molar-refractivity contribution >= 4 is 6.09 Å². The van der Waals surface area contributed by atoms with E-state index < -0.39 is 6.09 Å². The van der Waals surface area contributed by atoms with Gasteiger partial charge in [0.2, 0.25) is 0 Å². The van der Waals surface area contributed by atoms with Crippen LogP contribution < -0.4 is 10.1 Å². The van der Waals surface area contributed by atoms with Crippen molar-refractivity contribution in [3.8, 4) is 5.75 Å². The van der Waals surface area contributed by atoms with Crippen LogP contribution in [0.25, 0.3) is 0 Å². The molecule has 0 spiro atoms. The zero-order valence-corrected chi connectivity index (χ0v) is 14.4. The first kappa shape index (κ1) is 17.5. The molecule has 0 atom stereocenters. The van der Waals surface area contributed by atoms with Gasteiger partial charge in [0.15, 0.2) is 0 Å². The molecular formula is C22H21NO3. The van der Waals surface area contributed by atoms with Crippen LogP contribution in [0.5, 0.6) is 5.75 Å². The summed E-state index contributed by atoms with van der Waals surface area (Å²) < 4.78 is 10.9. The number of hydrogen-bond acceptors (Lipinski definition) is 3. The fourth-order valence-electron chi connectivity index (χ4n) is 2.39. The number of amides is 1. The van der Waals surface area contributed by atoms with Crippen molar-refractivity contribution in [3.63, 3.8) is 0 Å². The lowest BCUT2D eigenvalue weighted by atomic mass is 10.2. The second-order valence-electron chi connectivity index (χ2n) is 5.83. The summed E-state index contributed by atoms with van der Waals surface area (Å²) in [5.74, 6) is 0.796. The molecule has 0 heterocycles. The number of carbonyl (C=O) groups is 1. The average molecular weight is 347 g/mol. The maximum Gasteiger partial charge on any atom is 0.407 e. The Morgan fingerprint density at radius 2 is 1.27 bits per heavy atom. The Morgan fingerprint density at radius 3 is 1.88 bits per heavy atom. The minimum atomic E-state index is -0.432. The highest BCUT2D eigenvalue weighted by Gasteiger charge is 2.03. The molecule has 4 heteroatoms. The van der Waals surface area contributed by atoms with Gasteiger partial charge in [-0.05, 0) is 28.8 Å². The Morgan fingerprint density at radius 1 is 0.692 bits per heavy atom. The van der Waals surface area contributed by atoms with Gasteiger partial charge in [-0.1, -0.05) is 72.8 Å². The van der Waals surface area contributed by atoms with Crippen LogP contribution in [0, 0.1) is 0 Å². The molecule has 0 saturated carbocycles. The first-order chi connectivity index (χ1) is 12.8. The van der Waals surface area contributed by atoms with Crippen LogP contribution in [0.3, 0.4) is 0 Å². The largest absolute Gasteiger partial charge is 0.489 e. The summed E-state index contributed by atoms with van der Waals surface area (Å²) in [4.78, 5) is 11.8. The lowest BCUT2D eigenvalue weighted by molar-refractivity contribution is 0.139. The number of carbonyl (C=O) groups excluding carboxylic acids is 1. The molecule has 1 N–H and O–H groups in total. The molecule has 4 nitrogen and oxygen atoms in total. The monoisotopic (exact) mass is 347 g/mol. The van der Waals surface area contributed by atoms with Gasteiger partial charge in [0.1, 0.15) is 19.0 Å². The lowest BCUT2D eigenvalue weighted by Gasteiger charge is -2.09. The van der Waals surface area contributed by atoms with Gasteiger partial charge in [0.25, 0.3) is 0 Å². The van der Waals surface area contributed by atoms with Crippen LogP contribution >= 0.6 is 0 Å². The van der Waals surface area contributed by atoms with Crippen molar-refractivity contribution in [2.24, 2.45) is 0 Å². The van der Waals surface area contributed by atoms with Crippen LogP contribution in [0.4, 0.5) is 4.79 Å². The van der Waals surface area contributed by atoms with Crippen molar-refractivity contribution in [3.05, 3.63) is 102 Å². The van der Waals surface area contributed by atoms with Gasteiger partial charge in [0, 0.05) is 6.54 Å². The normalized spacial score (nSPS) is 10.2. The standard InChI is InChI=1S/C22H21NO3/c24-22(26-17-20-9-5-2-6-10-20)23-15-18-11-13-21(14-12-18)25-16-19-7-3-1-4-8-19/h1-14H,15-17H2,(H,23,24). The molecule has 3 rings (SSSR count). The minimum Gasteiger partial charge on any atom is -0.489 e. The topological polar surface area (TPSA) is 47.6 Å². The van der Waals surface area contributed by atoms with Crippen LogP contribution in [0.15, 0.2) is 84.9 Å². The number of benzene rings is 3. The fraction of sp³-hybridized carbons (Fsp3) is 0.136. The predicted octanol–water partition coefficient (Wildman–Crippen LogP) is 4.69. The highest BCUT2D eigenvalue weighted by atomic mass is 16.5. The molecule has 0 fully saturated rings. The summed E-state index contributed by atoms with van der Waals surface area (Å²) in [5, 5.41) is 2.74. The summed E-state index contributed by atoms with van der Waals surface area (Å²) in [6.45, 7) is 1.20. The smallest absolute Gasteiger partial charge is 0.407 e. The van der Waals surface area contributed by atoms with E-state index in [1.54, 1.807) is 0 Å². The van der Waals surface area contributed by atoms with Crippen molar-refractivity contribution in [1.82, 2.24) is 5.32 Å². The molecule has 26 heavy (non-hydrogen) atoms. The van der Waals surface area contributed by atoms with E-state index in [0.717, 1.165) is 22.4 Å². The Balaban J connectivity index is 1.40. The summed E-state index contributed by atoms with van der Waals surface area (Å²) in [5.41, 5.74) is 3.07. The van der Waals surface area contributed by atoms with Gasteiger partial charge >= 0.3 is 6.09 Å². The summed E-state index contributed by atoms with van der Waals surface area (Å²) in [6.07, 6.45) is -0.432. The Hall–Kier alpha value is -3.27. The van der Waals surface area contributed by atoms with E-state index in [1.807, 2.05) is 84.9 Å². The van der Waals surface area contributed by atoms with E-state index in [-0.39, 0.29) is 6.61 Å². The van der Waals surface area contributed by atoms with Gasteiger partial charge in [0.05, 0.1) is 0 Å².